The van der Waals surface area contributed by atoms with Crippen LogP contribution >= 0.6 is 17.0 Å². The van der Waals surface area contributed by atoms with Gasteiger partial charge in [0.2, 0.25) is 0 Å². The summed E-state index contributed by atoms with van der Waals surface area (Å²) in [6.45, 7) is 0. The zero-order chi connectivity index (χ0) is 23.3. The van der Waals surface area contributed by atoms with Crippen LogP contribution in [0.15, 0.2) is 109 Å². The number of fused-ring (bicyclic) bond motifs is 2. The molecule has 0 saturated carbocycles. The molecular weight excluding hydrogens is 551 g/mol. The Kier molecular flexibility index (Phi) is 7.82. The Morgan fingerprint density at radius 3 is 1.32 bits per heavy atom. The van der Waals surface area contributed by atoms with Crippen molar-refractivity contribution in [3.8, 4) is 0 Å². The summed E-state index contributed by atoms with van der Waals surface area (Å²) in [5.74, 6) is 0.781. The van der Waals surface area contributed by atoms with E-state index in [1.54, 1.807) is 0 Å². The van der Waals surface area contributed by atoms with Crippen molar-refractivity contribution in [3.05, 3.63) is 143 Å². The van der Waals surface area contributed by atoms with Gasteiger partial charge in [0.15, 0.2) is 0 Å². The van der Waals surface area contributed by atoms with Crippen molar-refractivity contribution in [1.82, 2.24) is 0 Å². The summed E-state index contributed by atoms with van der Waals surface area (Å²) < 4.78 is 0. The maximum absolute atomic E-state index is 4.93. The molecule has 1 radical (unpaired) electrons. The molecule has 6 rings (SSSR count). The molecule has 0 nitrogen and oxygen atoms in total. The van der Waals surface area contributed by atoms with Crippen LogP contribution in [0.2, 0.25) is 0 Å². The van der Waals surface area contributed by atoms with Crippen molar-refractivity contribution >= 4 is 49.1 Å². The van der Waals surface area contributed by atoms with Crippen LogP contribution < -0.4 is 10.4 Å². The predicted molar refractivity (Wildman–Crippen MR) is 146 cm³/mol. The van der Waals surface area contributed by atoms with Crippen LogP contribution in [0.4, 0.5) is 0 Å². The molecule has 0 N–H and O–H groups in total. The SMILES string of the molecule is C1=CC(c2ccc([SiH]c3ccc(C4C=Cc5ccccc54)cc3)cc2)c2ccccc21.[Cl][Zr][Cl]. The van der Waals surface area contributed by atoms with E-state index in [1.807, 2.05) is 0 Å². The number of hydrogen-bond acceptors (Lipinski definition) is 0. The molecule has 0 fully saturated rings. The van der Waals surface area contributed by atoms with Crippen LogP contribution in [0.25, 0.3) is 12.2 Å². The molecule has 0 aromatic heterocycles. The first-order chi connectivity index (χ1) is 16.8. The van der Waals surface area contributed by atoms with E-state index in [1.165, 1.54) is 43.8 Å². The van der Waals surface area contributed by atoms with Gasteiger partial charge in [0.05, 0.1) is 0 Å². The van der Waals surface area contributed by atoms with Crippen molar-refractivity contribution in [2.45, 2.75) is 11.8 Å². The van der Waals surface area contributed by atoms with Gasteiger partial charge in [-0.1, -0.05) is 132 Å². The van der Waals surface area contributed by atoms with E-state index in [4.69, 9.17) is 17.0 Å². The molecule has 0 aliphatic heterocycles. The molecule has 2 atom stereocenters. The molecule has 0 amide bonds. The third-order valence-electron chi connectivity index (χ3n) is 6.52. The van der Waals surface area contributed by atoms with Crippen molar-refractivity contribution in [2.75, 3.05) is 0 Å². The van der Waals surface area contributed by atoms with E-state index in [0.717, 1.165) is 0 Å². The van der Waals surface area contributed by atoms with Gasteiger partial charge in [-0.25, -0.2) is 0 Å². The van der Waals surface area contributed by atoms with Gasteiger partial charge in [-0.05, 0) is 33.4 Å². The quantitative estimate of drug-likeness (QED) is 0.237. The molecule has 34 heavy (non-hydrogen) atoms. The summed E-state index contributed by atoms with van der Waals surface area (Å²) in [5, 5.41) is 2.88. The Morgan fingerprint density at radius 2 is 0.912 bits per heavy atom. The fraction of sp³-hybridized carbons (Fsp3) is 0.0667. The van der Waals surface area contributed by atoms with E-state index in [2.05, 4.69) is 121 Å². The van der Waals surface area contributed by atoms with Gasteiger partial charge in [-0.2, -0.15) is 0 Å². The summed E-state index contributed by atoms with van der Waals surface area (Å²) in [7, 11) is 9.98. The Bertz CT molecular complexity index is 1220. The van der Waals surface area contributed by atoms with E-state index >= 15 is 0 Å². The second kappa shape index (κ2) is 11.2. The van der Waals surface area contributed by atoms with Gasteiger partial charge >= 0.3 is 37.9 Å². The Morgan fingerprint density at radius 1 is 0.529 bits per heavy atom. The van der Waals surface area contributed by atoms with E-state index in [-0.39, 0.29) is 9.52 Å². The zero-order valence-corrected chi connectivity index (χ0v) is 23.7. The van der Waals surface area contributed by atoms with Crippen molar-refractivity contribution < 1.29 is 20.8 Å². The van der Waals surface area contributed by atoms with E-state index in [0.29, 0.717) is 11.8 Å². The molecule has 165 valence electrons. The topological polar surface area (TPSA) is 0 Å². The average Bonchev–Trinajstić information content (AvgIpc) is 3.50. The van der Waals surface area contributed by atoms with Gasteiger partial charge in [0, 0.05) is 11.8 Å². The zero-order valence-electron chi connectivity index (χ0n) is 18.5. The van der Waals surface area contributed by atoms with E-state index in [9.17, 15) is 0 Å². The molecule has 0 saturated heterocycles. The summed E-state index contributed by atoms with van der Waals surface area (Å²) in [5.41, 5.74) is 8.29. The molecule has 2 unspecified atom stereocenters. The molecule has 0 spiro atoms. The molecule has 4 aromatic carbocycles. The first-order valence-electron chi connectivity index (χ1n) is 11.3. The second-order valence-corrected chi connectivity index (χ2v) is 13.8. The van der Waals surface area contributed by atoms with Gasteiger partial charge in [0.25, 0.3) is 0 Å². The van der Waals surface area contributed by atoms with Crippen LogP contribution in [0, 0.1) is 0 Å². The van der Waals surface area contributed by atoms with Crippen LogP contribution in [0.1, 0.15) is 45.2 Å². The number of halogens is 2. The standard InChI is InChI=1S/C30H23Si.2ClH.Zr/c1-3-7-27-21(5-1)13-19-29(27)23-9-15-25(16-10-23)31-26-17-11-24(12-18-26)30-20-14-22-6-2-4-8-28(22)30;;;/h1-20,29-31H;2*1H;/q;;;+2/p-2. The number of allylic oxidation sites excluding steroid dienone is 2. The Labute approximate surface area is 222 Å². The van der Waals surface area contributed by atoms with Crippen molar-refractivity contribution in [1.29, 1.82) is 0 Å². The fourth-order valence-electron chi connectivity index (χ4n) is 4.87. The molecule has 4 aromatic rings. The second-order valence-electron chi connectivity index (χ2n) is 8.48. The first kappa shape index (κ1) is 23.8. The summed E-state index contributed by atoms with van der Waals surface area (Å²) in [6, 6.07) is 36.0. The predicted octanol–water partition coefficient (Wildman–Crippen LogP) is 6.77. The third-order valence-corrected chi connectivity index (χ3v) is 7.96. The number of benzene rings is 4. The van der Waals surface area contributed by atoms with Crippen LogP contribution in [-0.2, 0) is 20.8 Å². The third kappa shape index (κ3) is 5.16. The Balaban J connectivity index is 0.000000764. The van der Waals surface area contributed by atoms with E-state index < -0.39 is 20.8 Å². The Hall–Kier alpha value is -1.96. The monoisotopic (exact) mass is 571 g/mol. The van der Waals surface area contributed by atoms with Crippen LogP contribution in [0.5, 0.6) is 0 Å². The summed E-state index contributed by atoms with van der Waals surface area (Å²) in [6.07, 6.45) is 9.14. The van der Waals surface area contributed by atoms with Crippen molar-refractivity contribution in [2.24, 2.45) is 0 Å². The minimum atomic E-state index is -0.826. The number of rotatable bonds is 4. The first-order valence-corrected chi connectivity index (χ1v) is 18.8. The molecule has 2 aliphatic rings. The van der Waals surface area contributed by atoms with Crippen molar-refractivity contribution in [3.63, 3.8) is 0 Å². The van der Waals surface area contributed by atoms with Gasteiger partial charge in [-0.3, -0.25) is 0 Å². The molecule has 2 aliphatic carbocycles. The summed E-state index contributed by atoms with van der Waals surface area (Å²) in [4.78, 5) is 0. The molecular formula is C30H23Cl2SiZr. The van der Waals surface area contributed by atoms with Crippen LogP contribution in [-0.4, -0.2) is 9.52 Å². The van der Waals surface area contributed by atoms with Gasteiger partial charge in [0.1, 0.15) is 9.52 Å². The van der Waals surface area contributed by atoms with Crippen LogP contribution in [0.3, 0.4) is 0 Å². The average molecular weight is 574 g/mol. The normalized spacial score (nSPS) is 17.0. The maximum atomic E-state index is 4.93. The molecule has 4 heteroatoms. The minimum absolute atomic E-state index is 0.109. The summed E-state index contributed by atoms with van der Waals surface area (Å²) >= 11 is -0.826. The number of hydrogen-bond donors (Lipinski definition) is 0. The molecule has 0 heterocycles. The van der Waals surface area contributed by atoms with Gasteiger partial charge in [-0.15, -0.1) is 0 Å². The molecule has 0 bridgehead atoms. The van der Waals surface area contributed by atoms with Gasteiger partial charge < -0.3 is 0 Å². The fourth-order valence-corrected chi connectivity index (χ4v) is 6.03.